The number of carbonyl (C=O) groups excluding carboxylic acids is 1. The molecule has 1 saturated carbocycles. The zero-order valence-corrected chi connectivity index (χ0v) is 12.7. The summed E-state index contributed by atoms with van der Waals surface area (Å²) in [5.41, 5.74) is 8.58. The Morgan fingerprint density at radius 2 is 2.10 bits per heavy atom. The van der Waals surface area contributed by atoms with Gasteiger partial charge >= 0.3 is 0 Å². The molecule has 2 aliphatic rings. The summed E-state index contributed by atoms with van der Waals surface area (Å²) in [4.78, 5) is 13.7. The molecule has 0 radical (unpaired) electrons. The SMILES string of the molecule is CC1CCCCC1N(C)c1cc2c(cc1N)OCC(=O)N2. The second-order valence-electron chi connectivity index (χ2n) is 6.18. The second kappa shape index (κ2) is 5.47. The number of fused-ring (bicyclic) bond motifs is 1. The van der Waals surface area contributed by atoms with E-state index in [1.54, 1.807) is 0 Å². The normalized spacial score (nSPS) is 24.8. The van der Waals surface area contributed by atoms with Crippen LogP contribution in [0.15, 0.2) is 12.1 Å². The van der Waals surface area contributed by atoms with Crippen LogP contribution in [0.4, 0.5) is 17.1 Å². The van der Waals surface area contributed by atoms with E-state index in [1.807, 2.05) is 12.1 Å². The number of nitrogens with two attached hydrogens (primary N) is 1. The minimum atomic E-state index is -0.119. The lowest BCUT2D eigenvalue weighted by atomic mass is 9.85. The molecular weight excluding hydrogens is 266 g/mol. The summed E-state index contributed by atoms with van der Waals surface area (Å²) in [6, 6.07) is 4.25. The van der Waals surface area contributed by atoms with Crippen molar-refractivity contribution in [2.75, 3.05) is 29.6 Å². The Hall–Kier alpha value is -1.91. The molecular formula is C16H23N3O2. The van der Waals surface area contributed by atoms with Crippen molar-refractivity contribution >= 4 is 23.0 Å². The predicted molar refractivity (Wildman–Crippen MR) is 84.8 cm³/mol. The molecule has 0 bridgehead atoms. The maximum absolute atomic E-state index is 11.5. The van der Waals surface area contributed by atoms with Crippen molar-refractivity contribution < 1.29 is 9.53 Å². The first kappa shape index (κ1) is 14.0. The van der Waals surface area contributed by atoms with Crippen molar-refractivity contribution in [2.24, 2.45) is 5.92 Å². The third-order valence-corrected chi connectivity index (χ3v) is 4.71. The smallest absolute Gasteiger partial charge is 0.262 e. The van der Waals surface area contributed by atoms with Gasteiger partial charge in [0, 0.05) is 19.2 Å². The summed E-state index contributed by atoms with van der Waals surface area (Å²) in [6.45, 7) is 2.36. The maximum Gasteiger partial charge on any atom is 0.262 e. The van der Waals surface area contributed by atoms with Crippen LogP contribution in [0.5, 0.6) is 5.75 Å². The molecule has 2 atom stereocenters. The number of benzene rings is 1. The highest BCUT2D eigenvalue weighted by Crippen LogP contribution is 2.39. The fraction of sp³-hybridized carbons (Fsp3) is 0.562. The van der Waals surface area contributed by atoms with Gasteiger partial charge in [-0.15, -0.1) is 0 Å². The predicted octanol–water partition coefficient (Wildman–Crippen LogP) is 2.61. The highest BCUT2D eigenvalue weighted by atomic mass is 16.5. The van der Waals surface area contributed by atoms with Crippen molar-refractivity contribution in [2.45, 2.75) is 38.6 Å². The van der Waals surface area contributed by atoms with Crippen LogP contribution in [0, 0.1) is 5.92 Å². The summed E-state index contributed by atoms with van der Waals surface area (Å²) in [6.07, 6.45) is 5.04. The maximum atomic E-state index is 11.5. The van der Waals surface area contributed by atoms with Crippen LogP contribution in [-0.4, -0.2) is 25.6 Å². The highest BCUT2D eigenvalue weighted by molar-refractivity contribution is 5.97. The van der Waals surface area contributed by atoms with Gasteiger partial charge in [-0.3, -0.25) is 4.79 Å². The van der Waals surface area contributed by atoms with Crippen LogP contribution in [0.2, 0.25) is 0 Å². The standard InChI is InChI=1S/C16H23N3O2/c1-10-5-3-4-6-13(10)19(2)14-8-12-15(7-11(14)17)21-9-16(20)18-12/h7-8,10,13H,3-6,9,17H2,1-2H3,(H,18,20). The minimum Gasteiger partial charge on any atom is -0.482 e. The molecule has 5 heteroatoms. The van der Waals surface area contributed by atoms with Gasteiger partial charge in [0.2, 0.25) is 0 Å². The van der Waals surface area contributed by atoms with Crippen LogP contribution >= 0.6 is 0 Å². The quantitative estimate of drug-likeness (QED) is 0.821. The average molecular weight is 289 g/mol. The summed E-state index contributed by atoms with van der Waals surface area (Å²) >= 11 is 0. The molecule has 1 heterocycles. The number of carbonyl (C=O) groups is 1. The van der Waals surface area contributed by atoms with Gasteiger partial charge in [0.1, 0.15) is 5.75 Å². The first-order valence-corrected chi connectivity index (χ1v) is 7.65. The number of ether oxygens (including phenoxy) is 1. The van der Waals surface area contributed by atoms with E-state index < -0.39 is 0 Å². The van der Waals surface area contributed by atoms with Crippen molar-refractivity contribution in [3.63, 3.8) is 0 Å². The Kier molecular flexibility index (Phi) is 3.66. The Bertz CT molecular complexity index is 559. The molecule has 1 aliphatic heterocycles. The summed E-state index contributed by atoms with van der Waals surface area (Å²) in [7, 11) is 2.09. The molecule has 3 rings (SSSR count). The first-order valence-electron chi connectivity index (χ1n) is 7.65. The van der Waals surface area contributed by atoms with Crippen LogP contribution in [0.3, 0.4) is 0 Å². The zero-order chi connectivity index (χ0) is 15.0. The fourth-order valence-corrected chi connectivity index (χ4v) is 3.49. The van der Waals surface area contributed by atoms with Crippen molar-refractivity contribution in [3.8, 4) is 5.75 Å². The molecule has 5 nitrogen and oxygen atoms in total. The van der Waals surface area contributed by atoms with Gasteiger partial charge in [0.15, 0.2) is 6.61 Å². The molecule has 0 saturated heterocycles. The molecule has 2 unspecified atom stereocenters. The molecule has 1 aromatic carbocycles. The summed E-state index contributed by atoms with van der Waals surface area (Å²) < 4.78 is 5.41. The van der Waals surface area contributed by atoms with Crippen LogP contribution in [0.25, 0.3) is 0 Å². The van der Waals surface area contributed by atoms with E-state index in [9.17, 15) is 4.79 Å². The topological polar surface area (TPSA) is 67.6 Å². The van der Waals surface area contributed by atoms with Gasteiger partial charge in [-0.05, 0) is 24.8 Å². The van der Waals surface area contributed by atoms with E-state index in [0.29, 0.717) is 29.1 Å². The number of anilines is 3. The number of hydrogen-bond donors (Lipinski definition) is 2. The van der Waals surface area contributed by atoms with E-state index in [2.05, 4.69) is 24.2 Å². The van der Waals surface area contributed by atoms with Crippen LogP contribution in [-0.2, 0) is 4.79 Å². The van der Waals surface area contributed by atoms with Gasteiger partial charge in [0.05, 0.1) is 17.1 Å². The van der Waals surface area contributed by atoms with Gasteiger partial charge in [0.25, 0.3) is 5.91 Å². The van der Waals surface area contributed by atoms with Crippen LogP contribution < -0.4 is 20.7 Å². The monoisotopic (exact) mass is 289 g/mol. The van der Waals surface area contributed by atoms with Crippen LogP contribution in [0.1, 0.15) is 32.6 Å². The van der Waals surface area contributed by atoms with Crippen molar-refractivity contribution in [3.05, 3.63) is 12.1 Å². The molecule has 1 aromatic rings. The van der Waals surface area contributed by atoms with E-state index in [-0.39, 0.29) is 12.5 Å². The Labute approximate surface area is 125 Å². The zero-order valence-electron chi connectivity index (χ0n) is 12.7. The van der Waals surface area contributed by atoms with E-state index in [1.165, 1.54) is 25.7 Å². The largest absolute Gasteiger partial charge is 0.482 e. The Morgan fingerprint density at radius 1 is 1.33 bits per heavy atom. The Balaban J connectivity index is 1.90. The number of nitrogens with zero attached hydrogens (tertiary/aromatic N) is 1. The van der Waals surface area contributed by atoms with Crippen molar-refractivity contribution in [1.82, 2.24) is 0 Å². The van der Waals surface area contributed by atoms with Gasteiger partial charge in [-0.25, -0.2) is 0 Å². The van der Waals surface area contributed by atoms with Gasteiger partial charge in [-0.1, -0.05) is 19.8 Å². The van der Waals surface area contributed by atoms with E-state index >= 15 is 0 Å². The minimum absolute atomic E-state index is 0.0568. The highest BCUT2D eigenvalue weighted by Gasteiger charge is 2.27. The summed E-state index contributed by atoms with van der Waals surface area (Å²) in [5.74, 6) is 1.19. The number of nitrogens with one attached hydrogen (secondary N) is 1. The number of nitrogen functional groups attached to an aromatic ring is 1. The second-order valence-corrected chi connectivity index (χ2v) is 6.18. The lowest BCUT2D eigenvalue weighted by Gasteiger charge is -2.38. The number of rotatable bonds is 2. The Morgan fingerprint density at radius 3 is 2.86 bits per heavy atom. The third kappa shape index (κ3) is 2.64. The lowest BCUT2D eigenvalue weighted by Crippen LogP contribution is -2.39. The van der Waals surface area contributed by atoms with Crippen molar-refractivity contribution in [1.29, 1.82) is 0 Å². The van der Waals surface area contributed by atoms with Gasteiger partial charge in [-0.2, -0.15) is 0 Å². The molecule has 3 N–H and O–H groups in total. The molecule has 114 valence electrons. The molecule has 0 aromatic heterocycles. The number of amides is 1. The van der Waals surface area contributed by atoms with E-state index in [0.717, 1.165) is 5.69 Å². The molecule has 1 fully saturated rings. The first-order chi connectivity index (χ1) is 10.1. The summed E-state index contributed by atoms with van der Waals surface area (Å²) in [5, 5.41) is 2.85. The third-order valence-electron chi connectivity index (χ3n) is 4.71. The average Bonchev–Trinajstić information content (AvgIpc) is 2.47. The lowest BCUT2D eigenvalue weighted by molar-refractivity contribution is -0.118. The van der Waals surface area contributed by atoms with Gasteiger partial charge < -0.3 is 20.7 Å². The molecule has 1 amide bonds. The van der Waals surface area contributed by atoms with E-state index in [4.69, 9.17) is 10.5 Å². The molecule has 0 spiro atoms. The number of hydrogen-bond acceptors (Lipinski definition) is 4. The molecule has 21 heavy (non-hydrogen) atoms. The molecule has 1 aliphatic carbocycles. The fourth-order valence-electron chi connectivity index (χ4n) is 3.49.